The molecule has 150 valence electrons. The molecule has 1 amide bonds. The number of nitrogens with zero attached hydrogens (tertiary/aromatic N) is 1. The molecular weight excluding hydrogens is 420 g/mol. The van der Waals surface area contributed by atoms with E-state index in [9.17, 15) is 9.90 Å². The summed E-state index contributed by atoms with van der Waals surface area (Å²) in [6.07, 6.45) is 0. The number of aliphatic imine (C=N–C) groups is 1. The van der Waals surface area contributed by atoms with Gasteiger partial charge >= 0.3 is 0 Å². The van der Waals surface area contributed by atoms with Crippen LogP contribution in [0.15, 0.2) is 64.1 Å². The molecule has 0 aromatic heterocycles. The number of hydrogen-bond acceptors (Lipinski definition) is 3. The van der Waals surface area contributed by atoms with Gasteiger partial charge in [-0.2, -0.15) is 0 Å². The molecular formula is C21H27BrN4O2. The number of rotatable bonds is 8. The van der Waals surface area contributed by atoms with Gasteiger partial charge in [-0.15, -0.1) is 0 Å². The van der Waals surface area contributed by atoms with Gasteiger partial charge in [0.2, 0.25) is 0 Å². The first-order valence-corrected chi connectivity index (χ1v) is 10.1. The molecule has 2 aromatic rings. The number of amides is 1. The maximum atomic E-state index is 12.1. The Kier molecular flexibility index (Phi) is 8.47. The van der Waals surface area contributed by atoms with Crippen molar-refractivity contribution in [3.63, 3.8) is 0 Å². The van der Waals surface area contributed by atoms with Crippen LogP contribution in [-0.4, -0.2) is 43.2 Å². The Morgan fingerprint density at radius 1 is 1.04 bits per heavy atom. The van der Waals surface area contributed by atoms with Crippen LogP contribution >= 0.6 is 15.9 Å². The number of guanidine groups is 1. The van der Waals surface area contributed by atoms with Crippen LogP contribution in [0.4, 0.5) is 0 Å². The molecule has 0 fully saturated rings. The molecule has 0 aliphatic rings. The molecule has 0 saturated heterocycles. The van der Waals surface area contributed by atoms with Crippen LogP contribution in [0, 0.1) is 0 Å². The van der Waals surface area contributed by atoms with E-state index < -0.39 is 5.60 Å². The molecule has 2 rings (SSSR count). The first-order valence-electron chi connectivity index (χ1n) is 9.26. The standard InChI is InChI=1S/C21H27BrN4O2/c1-3-23-20(26-15-21(2,28)17-7-5-4-6-8-17)25-14-13-24-19(27)16-9-11-18(22)12-10-16/h4-12,28H,3,13-15H2,1-2H3,(H,24,27)(H2,23,25,26). The minimum atomic E-state index is -1.06. The third kappa shape index (κ3) is 6.98. The molecule has 0 bridgehead atoms. The lowest BCUT2D eigenvalue weighted by Gasteiger charge is -2.22. The topological polar surface area (TPSA) is 85.8 Å². The minimum Gasteiger partial charge on any atom is -0.384 e. The fraction of sp³-hybridized carbons (Fsp3) is 0.333. The van der Waals surface area contributed by atoms with E-state index in [-0.39, 0.29) is 12.5 Å². The predicted molar refractivity (Wildman–Crippen MR) is 116 cm³/mol. The van der Waals surface area contributed by atoms with Crippen LogP contribution in [0.2, 0.25) is 0 Å². The Labute approximate surface area is 174 Å². The summed E-state index contributed by atoms with van der Waals surface area (Å²) in [6.45, 7) is 5.60. The zero-order valence-corrected chi connectivity index (χ0v) is 17.8. The van der Waals surface area contributed by atoms with Crippen LogP contribution in [0.25, 0.3) is 0 Å². The molecule has 7 heteroatoms. The van der Waals surface area contributed by atoms with E-state index in [4.69, 9.17) is 0 Å². The predicted octanol–water partition coefficient (Wildman–Crippen LogP) is 2.64. The summed E-state index contributed by atoms with van der Waals surface area (Å²) in [4.78, 5) is 16.6. The SMILES string of the molecule is CCNC(=NCC(C)(O)c1ccccc1)NCCNC(=O)c1ccc(Br)cc1. The number of nitrogens with one attached hydrogen (secondary N) is 3. The summed E-state index contributed by atoms with van der Waals surface area (Å²) in [5.41, 5.74) is 0.374. The molecule has 4 N–H and O–H groups in total. The number of benzene rings is 2. The monoisotopic (exact) mass is 446 g/mol. The summed E-state index contributed by atoms with van der Waals surface area (Å²) >= 11 is 3.35. The maximum Gasteiger partial charge on any atom is 0.251 e. The highest BCUT2D eigenvalue weighted by Crippen LogP contribution is 2.20. The summed E-state index contributed by atoms with van der Waals surface area (Å²) in [7, 11) is 0. The third-order valence-corrected chi connectivity index (χ3v) is 4.62. The second kappa shape index (κ2) is 10.8. The molecule has 0 radical (unpaired) electrons. The second-order valence-electron chi connectivity index (χ2n) is 6.52. The highest BCUT2D eigenvalue weighted by atomic mass is 79.9. The Hall–Kier alpha value is -2.38. The Morgan fingerprint density at radius 3 is 2.32 bits per heavy atom. The first-order chi connectivity index (χ1) is 13.4. The molecule has 0 aliphatic heterocycles. The third-order valence-electron chi connectivity index (χ3n) is 4.09. The van der Waals surface area contributed by atoms with Gasteiger partial charge in [0.15, 0.2) is 5.96 Å². The molecule has 0 spiro atoms. The fourth-order valence-electron chi connectivity index (χ4n) is 2.52. The molecule has 0 heterocycles. The summed E-state index contributed by atoms with van der Waals surface area (Å²) in [6, 6.07) is 16.7. The number of aliphatic hydroxyl groups is 1. The van der Waals surface area contributed by atoms with E-state index in [1.807, 2.05) is 49.4 Å². The largest absolute Gasteiger partial charge is 0.384 e. The van der Waals surface area contributed by atoms with Crippen molar-refractivity contribution in [3.8, 4) is 0 Å². The Balaban J connectivity index is 1.84. The number of halogens is 1. The number of carbonyl (C=O) groups is 1. The van der Waals surface area contributed by atoms with Crippen LogP contribution in [0.1, 0.15) is 29.8 Å². The van der Waals surface area contributed by atoms with Crippen LogP contribution < -0.4 is 16.0 Å². The second-order valence-corrected chi connectivity index (χ2v) is 7.44. The lowest BCUT2D eigenvalue weighted by atomic mass is 9.96. The van der Waals surface area contributed by atoms with Crippen molar-refractivity contribution < 1.29 is 9.90 Å². The van der Waals surface area contributed by atoms with Gasteiger partial charge in [0.05, 0.1) is 6.54 Å². The lowest BCUT2D eigenvalue weighted by molar-refractivity contribution is 0.0672. The number of hydrogen-bond donors (Lipinski definition) is 4. The molecule has 6 nitrogen and oxygen atoms in total. The van der Waals surface area contributed by atoms with E-state index in [1.165, 1.54) is 0 Å². The van der Waals surface area contributed by atoms with Crippen molar-refractivity contribution in [1.29, 1.82) is 0 Å². The molecule has 0 aliphatic carbocycles. The van der Waals surface area contributed by atoms with Crippen molar-refractivity contribution in [2.75, 3.05) is 26.2 Å². The average molecular weight is 447 g/mol. The van der Waals surface area contributed by atoms with Gasteiger partial charge in [0.25, 0.3) is 5.91 Å². The van der Waals surface area contributed by atoms with Gasteiger partial charge in [-0.25, -0.2) is 4.99 Å². The number of carbonyl (C=O) groups excluding carboxylic acids is 1. The Bertz CT molecular complexity index is 777. The van der Waals surface area contributed by atoms with Gasteiger partial charge < -0.3 is 21.1 Å². The van der Waals surface area contributed by atoms with E-state index in [0.29, 0.717) is 31.2 Å². The van der Waals surface area contributed by atoms with Crippen LogP contribution in [0.5, 0.6) is 0 Å². The van der Waals surface area contributed by atoms with E-state index in [2.05, 4.69) is 36.9 Å². The van der Waals surface area contributed by atoms with Gasteiger partial charge in [0.1, 0.15) is 5.60 Å². The van der Waals surface area contributed by atoms with Gasteiger partial charge in [-0.3, -0.25) is 4.79 Å². The van der Waals surface area contributed by atoms with Gasteiger partial charge in [-0.1, -0.05) is 46.3 Å². The molecule has 0 saturated carbocycles. The quantitative estimate of drug-likeness (QED) is 0.285. The van der Waals surface area contributed by atoms with Crippen molar-refractivity contribution in [2.45, 2.75) is 19.4 Å². The van der Waals surface area contributed by atoms with Crippen molar-refractivity contribution in [2.24, 2.45) is 4.99 Å². The van der Waals surface area contributed by atoms with E-state index in [0.717, 1.165) is 10.0 Å². The summed E-state index contributed by atoms with van der Waals surface area (Å²) < 4.78 is 0.934. The summed E-state index contributed by atoms with van der Waals surface area (Å²) in [5.74, 6) is 0.472. The average Bonchev–Trinajstić information content (AvgIpc) is 2.70. The van der Waals surface area contributed by atoms with Crippen LogP contribution in [0.3, 0.4) is 0 Å². The minimum absolute atomic E-state index is 0.122. The molecule has 1 atom stereocenters. The highest BCUT2D eigenvalue weighted by molar-refractivity contribution is 9.10. The fourth-order valence-corrected chi connectivity index (χ4v) is 2.79. The van der Waals surface area contributed by atoms with Crippen molar-refractivity contribution in [3.05, 3.63) is 70.2 Å². The Morgan fingerprint density at radius 2 is 1.68 bits per heavy atom. The maximum absolute atomic E-state index is 12.1. The zero-order chi connectivity index (χ0) is 20.4. The lowest BCUT2D eigenvalue weighted by Crippen LogP contribution is -2.42. The summed E-state index contributed by atoms with van der Waals surface area (Å²) in [5, 5.41) is 19.8. The van der Waals surface area contributed by atoms with E-state index >= 15 is 0 Å². The zero-order valence-electron chi connectivity index (χ0n) is 16.2. The normalized spacial score (nSPS) is 13.5. The van der Waals surface area contributed by atoms with E-state index in [1.54, 1.807) is 19.1 Å². The van der Waals surface area contributed by atoms with Crippen molar-refractivity contribution >= 4 is 27.8 Å². The molecule has 1 unspecified atom stereocenters. The van der Waals surface area contributed by atoms with Gasteiger partial charge in [0, 0.05) is 29.7 Å². The molecule has 2 aromatic carbocycles. The van der Waals surface area contributed by atoms with Gasteiger partial charge in [-0.05, 0) is 43.7 Å². The smallest absolute Gasteiger partial charge is 0.251 e. The highest BCUT2D eigenvalue weighted by Gasteiger charge is 2.22. The first kappa shape index (κ1) is 21.9. The van der Waals surface area contributed by atoms with Crippen molar-refractivity contribution in [1.82, 2.24) is 16.0 Å². The van der Waals surface area contributed by atoms with Crippen LogP contribution in [-0.2, 0) is 5.60 Å². The molecule has 28 heavy (non-hydrogen) atoms.